The van der Waals surface area contributed by atoms with Gasteiger partial charge in [-0.3, -0.25) is 4.79 Å². The molecule has 10 nitrogen and oxygen atoms in total. The number of aliphatic hydroxyl groups excluding tert-OH is 4. The Morgan fingerprint density at radius 3 is 2.32 bits per heavy atom. The highest BCUT2D eigenvalue weighted by Gasteiger charge is 2.43. The SMILES string of the molecule is CO[C@H]1C(O)O[C@H](CO)[C@H](O)[C@@H]1O.NCCCC(N)C(=O)O. The van der Waals surface area contributed by atoms with E-state index in [9.17, 15) is 20.1 Å². The summed E-state index contributed by atoms with van der Waals surface area (Å²) in [6.45, 7) is 0.0344. The maximum absolute atomic E-state index is 10.0. The summed E-state index contributed by atoms with van der Waals surface area (Å²) < 4.78 is 9.50. The zero-order chi connectivity index (χ0) is 17.3. The second-order valence-corrected chi connectivity index (χ2v) is 4.80. The van der Waals surface area contributed by atoms with Crippen molar-refractivity contribution >= 4 is 5.97 Å². The predicted molar refractivity (Wildman–Crippen MR) is 74.7 cm³/mol. The Bertz CT molecular complexity index is 320. The summed E-state index contributed by atoms with van der Waals surface area (Å²) >= 11 is 0. The fourth-order valence-corrected chi connectivity index (χ4v) is 1.79. The lowest BCUT2D eigenvalue weighted by molar-refractivity contribution is -0.291. The van der Waals surface area contributed by atoms with E-state index < -0.39 is 49.3 Å². The Kier molecular flexibility index (Phi) is 10.4. The molecule has 0 aromatic carbocycles. The van der Waals surface area contributed by atoms with E-state index in [1.165, 1.54) is 7.11 Å². The van der Waals surface area contributed by atoms with E-state index in [0.717, 1.165) is 0 Å². The van der Waals surface area contributed by atoms with Crippen molar-refractivity contribution < 1.29 is 39.8 Å². The molecule has 0 amide bonds. The minimum Gasteiger partial charge on any atom is -0.480 e. The van der Waals surface area contributed by atoms with Crippen LogP contribution in [0.1, 0.15) is 12.8 Å². The van der Waals surface area contributed by atoms with Crippen molar-refractivity contribution in [1.82, 2.24) is 0 Å². The van der Waals surface area contributed by atoms with Crippen LogP contribution in [0.4, 0.5) is 0 Å². The molecule has 0 aliphatic carbocycles. The summed E-state index contributed by atoms with van der Waals surface area (Å²) in [5.74, 6) is -0.955. The average Bonchev–Trinajstić information content (AvgIpc) is 2.49. The number of hydrogen-bond acceptors (Lipinski definition) is 9. The maximum atomic E-state index is 10.0. The van der Waals surface area contributed by atoms with Gasteiger partial charge in [0, 0.05) is 7.11 Å². The number of ether oxygens (including phenoxy) is 2. The zero-order valence-corrected chi connectivity index (χ0v) is 12.4. The smallest absolute Gasteiger partial charge is 0.320 e. The average molecular weight is 326 g/mol. The summed E-state index contributed by atoms with van der Waals surface area (Å²) in [5, 5.41) is 44.9. The second-order valence-electron chi connectivity index (χ2n) is 4.80. The van der Waals surface area contributed by atoms with Crippen molar-refractivity contribution in [3.05, 3.63) is 0 Å². The van der Waals surface area contributed by atoms with Gasteiger partial charge in [0.2, 0.25) is 0 Å². The molecular formula is C12H26N2O8. The van der Waals surface area contributed by atoms with Crippen molar-refractivity contribution in [1.29, 1.82) is 0 Å². The van der Waals surface area contributed by atoms with E-state index in [0.29, 0.717) is 19.4 Å². The van der Waals surface area contributed by atoms with Crippen molar-refractivity contribution in [2.45, 2.75) is 49.6 Å². The van der Waals surface area contributed by atoms with Crippen LogP contribution in [0.2, 0.25) is 0 Å². The van der Waals surface area contributed by atoms with E-state index in [1.54, 1.807) is 0 Å². The van der Waals surface area contributed by atoms with Gasteiger partial charge < -0.3 is 46.5 Å². The highest BCUT2D eigenvalue weighted by molar-refractivity contribution is 5.72. The van der Waals surface area contributed by atoms with Crippen LogP contribution in [-0.2, 0) is 14.3 Å². The normalized spacial score (nSPS) is 32.8. The number of aliphatic hydroxyl groups is 4. The molecule has 0 aromatic heterocycles. The lowest BCUT2D eigenvalue weighted by Crippen LogP contribution is -2.59. The molecule has 9 N–H and O–H groups in total. The van der Waals surface area contributed by atoms with Crippen LogP contribution < -0.4 is 11.5 Å². The summed E-state index contributed by atoms with van der Waals surface area (Å²) in [6.07, 6.45) is -4.67. The molecule has 22 heavy (non-hydrogen) atoms. The molecular weight excluding hydrogens is 300 g/mol. The molecule has 2 unspecified atom stereocenters. The van der Waals surface area contributed by atoms with Crippen LogP contribution >= 0.6 is 0 Å². The van der Waals surface area contributed by atoms with Crippen molar-refractivity contribution in [3.8, 4) is 0 Å². The van der Waals surface area contributed by atoms with Gasteiger partial charge in [0.25, 0.3) is 0 Å². The van der Waals surface area contributed by atoms with Gasteiger partial charge in [-0.25, -0.2) is 0 Å². The Labute approximate surface area is 128 Å². The molecule has 0 radical (unpaired) electrons. The Morgan fingerprint density at radius 1 is 1.32 bits per heavy atom. The van der Waals surface area contributed by atoms with Crippen LogP contribution in [0.5, 0.6) is 0 Å². The Hall–Kier alpha value is -0.850. The number of carboxylic acids is 1. The number of aliphatic carboxylic acids is 1. The first kappa shape index (κ1) is 21.1. The van der Waals surface area contributed by atoms with Crippen LogP contribution in [0.25, 0.3) is 0 Å². The van der Waals surface area contributed by atoms with Gasteiger partial charge in [0.15, 0.2) is 6.29 Å². The number of methoxy groups -OCH3 is 1. The number of nitrogens with two attached hydrogens (primary N) is 2. The molecule has 6 atom stereocenters. The second kappa shape index (κ2) is 10.8. The fraction of sp³-hybridized carbons (Fsp3) is 0.917. The molecule has 0 spiro atoms. The van der Waals surface area contributed by atoms with Crippen molar-refractivity contribution in [3.63, 3.8) is 0 Å². The van der Waals surface area contributed by atoms with E-state index in [4.69, 9.17) is 31.2 Å². The summed E-state index contributed by atoms with van der Waals surface area (Å²) in [7, 11) is 1.28. The van der Waals surface area contributed by atoms with E-state index in [2.05, 4.69) is 0 Å². The molecule has 1 aliphatic heterocycles. The lowest BCUT2D eigenvalue weighted by Gasteiger charge is -2.39. The van der Waals surface area contributed by atoms with Gasteiger partial charge in [0.05, 0.1) is 6.61 Å². The molecule has 0 saturated carbocycles. The summed E-state index contributed by atoms with van der Waals surface area (Å²) in [5.41, 5.74) is 10.3. The molecule has 132 valence electrons. The molecule has 1 aliphatic rings. The molecule has 1 heterocycles. The maximum Gasteiger partial charge on any atom is 0.320 e. The summed E-state index contributed by atoms with van der Waals surface area (Å²) in [4.78, 5) is 10.0. The third-order valence-corrected chi connectivity index (χ3v) is 3.15. The van der Waals surface area contributed by atoms with Crippen LogP contribution in [0.15, 0.2) is 0 Å². The molecule has 0 aromatic rings. The predicted octanol–water partition coefficient (Wildman–Crippen LogP) is -3.43. The van der Waals surface area contributed by atoms with Gasteiger partial charge in [-0.1, -0.05) is 0 Å². The standard InChI is InChI=1S/C7H14O6.C5H12N2O2/c1-12-6-5(10)4(9)3(2-8)13-7(6)11;6-3-1-2-4(7)5(8)9/h3-11H,2H2,1H3;4H,1-3,6-7H2,(H,8,9)/t3-,4+,5+,6-,7?;/m1./s1. The monoisotopic (exact) mass is 326 g/mol. The van der Waals surface area contributed by atoms with Gasteiger partial charge in [0.1, 0.15) is 30.5 Å². The number of hydrogen-bond donors (Lipinski definition) is 7. The van der Waals surface area contributed by atoms with Crippen molar-refractivity contribution in [2.24, 2.45) is 11.5 Å². The number of rotatable bonds is 6. The minimum absolute atomic E-state index is 0.464. The molecule has 0 bridgehead atoms. The van der Waals surface area contributed by atoms with Gasteiger partial charge in [-0.2, -0.15) is 0 Å². The Morgan fingerprint density at radius 2 is 1.91 bits per heavy atom. The van der Waals surface area contributed by atoms with Crippen LogP contribution in [0, 0.1) is 0 Å². The highest BCUT2D eigenvalue weighted by atomic mass is 16.7. The fourth-order valence-electron chi connectivity index (χ4n) is 1.79. The number of carboxylic acid groups (broad SMARTS) is 1. The quantitative estimate of drug-likeness (QED) is 0.259. The van der Waals surface area contributed by atoms with Gasteiger partial charge in [-0.05, 0) is 19.4 Å². The first-order valence-corrected chi connectivity index (χ1v) is 6.81. The minimum atomic E-state index is -1.33. The lowest BCUT2D eigenvalue weighted by atomic mass is 9.99. The topological polar surface area (TPSA) is 189 Å². The first-order valence-electron chi connectivity index (χ1n) is 6.81. The van der Waals surface area contributed by atoms with E-state index in [1.807, 2.05) is 0 Å². The van der Waals surface area contributed by atoms with Crippen LogP contribution in [0.3, 0.4) is 0 Å². The largest absolute Gasteiger partial charge is 0.480 e. The van der Waals surface area contributed by atoms with Gasteiger partial charge in [-0.15, -0.1) is 0 Å². The van der Waals surface area contributed by atoms with Crippen LogP contribution in [-0.4, -0.2) is 88.5 Å². The van der Waals surface area contributed by atoms with E-state index >= 15 is 0 Å². The Balaban J connectivity index is 0.000000433. The first-order chi connectivity index (χ1) is 10.3. The van der Waals surface area contributed by atoms with Crippen molar-refractivity contribution in [2.75, 3.05) is 20.3 Å². The third kappa shape index (κ3) is 6.50. The molecule has 1 rings (SSSR count). The molecule has 1 fully saturated rings. The zero-order valence-electron chi connectivity index (χ0n) is 12.4. The highest BCUT2D eigenvalue weighted by Crippen LogP contribution is 2.21. The summed E-state index contributed by atoms with van der Waals surface area (Å²) in [6, 6.07) is -0.742. The van der Waals surface area contributed by atoms with E-state index in [-0.39, 0.29) is 0 Å². The molecule has 1 saturated heterocycles. The third-order valence-electron chi connectivity index (χ3n) is 3.15. The van der Waals surface area contributed by atoms with Gasteiger partial charge >= 0.3 is 5.97 Å². The number of carbonyl (C=O) groups is 1. The molecule has 10 heteroatoms.